The number of allylic oxidation sites excluding steroid dienone is 1. The van der Waals surface area contributed by atoms with Crippen LogP contribution >= 0.6 is 50.7 Å². The van der Waals surface area contributed by atoms with E-state index >= 15 is 0 Å². The predicted molar refractivity (Wildman–Crippen MR) is 130 cm³/mol. The van der Waals surface area contributed by atoms with Crippen molar-refractivity contribution in [2.45, 2.75) is 0 Å². The fourth-order valence-corrected chi connectivity index (χ4v) is 3.39. The van der Waals surface area contributed by atoms with Gasteiger partial charge < -0.3 is 10.1 Å². The lowest BCUT2D eigenvalue weighted by molar-refractivity contribution is -0.118. The van der Waals surface area contributed by atoms with E-state index in [0.717, 1.165) is 10.0 Å². The van der Waals surface area contributed by atoms with Gasteiger partial charge in [-0.25, -0.2) is 0 Å². The molecule has 1 N–H and O–H groups in total. The quantitative estimate of drug-likeness (QED) is 0.262. The molecular formula is C23H14BrCl3N2O2. The third-order valence-corrected chi connectivity index (χ3v) is 5.61. The number of carbonyl (C=O) groups is 1. The van der Waals surface area contributed by atoms with E-state index in [1.807, 2.05) is 24.3 Å². The lowest BCUT2D eigenvalue weighted by Gasteiger charge is -2.11. The average molecular weight is 537 g/mol. The number of nitrogens with zero attached hydrogens (tertiary/aromatic N) is 1. The molecule has 0 aliphatic heterocycles. The van der Waals surface area contributed by atoms with Crippen LogP contribution in [0.15, 0.2) is 65.1 Å². The van der Waals surface area contributed by atoms with E-state index in [0.29, 0.717) is 37.6 Å². The van der Waals surface area contributed by atoms with Gasteiger partial charge >= 0.3 is 0 Å². The molecule has 0 heterocycles. The molecule has 0 unspecified atom stereocenters. The molecule has 0 radical (unpaired) electrons. The topological polar surface area (TPSA) is 62.1 Å². The zero-order valence-electron chi connectivity index (χ0n) is 15.8. The number of nitrogens with one attached hydrogen (secondary N) is 1. The molecule has 0 aliphatic rings. The number of rotatable bonds is 6. The van der Waals surface area contributed by atoms with Crippen LogP contribution in [0, 0.1) is 11.3 Å². The highest BCUT2D eigenvalue weighted by atomic mass is 79.9. The predicted octanol–water partition coefficient (Wildman–Crippen LogP) is 7.49. The normalized spacial score (nSPS) is 11.0. The summed E-state index contributed by atoms with van der Waals surface area (Å²) in [6, 6.07) is 19.3. The molecule has 0 aromatic heterocycles. The first-order valence-corrected chi connectivity index (χ1v) is 10.8. The van der Waals surface area contributed by atoms with Crippen LogP contribution < -0.4 is 10.1 Å². The maximum atomic E-state index is 12.3. The lowest BCUT2D eigenvalue weighted by atomic mass is 10.0. The fraction of sp³-hybridized carbons (Fsp3) is 0.0435. The van der Waals surface area contributed by atoms with Crippen LogP contribution in [0.25, 0.3) is 11.6 Å². The van der Waals surface area contributed by atoms with Gasteiger partial charge in [0, 0.05) is 20.7 Å². The summed E-state index contributed by atoms with van der Waals surface area (Å²) in [6.45, 7) is -0.247. The van der Waals surface area contributed by atoms with Crippen molar-refractivity contribution in [2.24, 2.45) is 0 Å². The zero-order valence-corrected chi connectivity index (χ0v) is 19.7. The number of hydrogen-bond donors (Lipinski definition) is 1. The molecule has 0 saturated heterocycles. The van der Waals surface area contributed by atoms with Gasteiger partial charge in [-0.05, 0) is 60.2 Å². The Labute approximate surface area is 203 Å². The first kappa shape index (κ1) is 23.2. The number of halogens is 4. The Bertz CT molecular complexity index is 1190. The number of anilines is 1. The van der Waals surface area contributed by atoms with E-state index in [4.69, 9.17) is 39.5 Å². The number of amides is 1. The summed E-state index contributed by atoms with van der Waals surface area (Å²) in [7, 11) is 0. The van der Waals surface area contributed by atoms with Crippen molar-refractivity contribution in [1.82, 2.24) is 0 Å². The second-order valence-corrected chi connectivity index (χ2v) is 8.49. The first-order chi connectivity index (χ1) is 14.9. The molecule has 0 spiro atoms. The van der Waals surface area contributed by atoms with Crippen LogP contribution in [-0.4, -0.2) is 12.5 Å². The van der Waals surface area contributed by atoms with Crippen LogP contribution in [0.2, 0.25) is 15.1 Å². The van der Waals surface area contributed by atoms with Gasteiger partial charge in [-0.2, -0.15) is 5.26 Å². The summed E-state index contributed by atoms with van der Waals surface area (Å²) in [5.74, 6) is 0.0373. The van der Waals surface area contributed by atoms with Crippen molar-refractivity contribution in [3.8, 4) is 11.8 Å². The Morgan fingerprint density at radius 2 is 1.77 bits per heavy atom. The van der Waals surface area contributed by atoms with Gasteiger partial charge in [0.25, 0.3) is 5.91 Å². The highest BCUT2D eigenvalue weighted by molar-refractivity contribution is 9.10. The Morgan fingerprint density at radius 1 is 1.03 bits per heavy atom. The first-order valence-electron chi connectivity index (χ1n) is 8.90. The molecule has 0 atom stereocenters. The van der Waals surface area contributed by atoms with Gasteiger partial charge in [0.05, 0.1) is 21.7 Å². The van der Waals surface area contributed by atoms with Gasteiger partial charge in [0.1, 0.15) is 5.75 Å². The van der Waals surface area contributed by atoms with Gasteiger partial charge in [0.15, 0.2) is 6.61 Å². The molecule has 0 saturated carbocycles. The van der Waals surface area contributed by atoms with Crippen molar-refractivity contribution in [3.05, 3.63) is 91.3 Å². The molecule has 0 bridgehead atoms. The van der Waals surface area contributed by atoms with Gasteiger partial charge in [-0.15, -0.1) is 0 Å². The van der Waals surface area contributed by atoms with Gasteiger partial charge in [0.2, 0.25) is 0 Å². The molecule has 3 rings (SSSR count). The minimum Gasteiger partial charge on any atom is -0.483 e. The molecular weight excluding hydrogens is 523 g/mol. The van der Waals surface area contributed by atoms with Gasteiger partial charge in [-0.3, -0.25) is 4.79 Å². The molecule has 8 heteroatoms. The van der Waals surface area contributed by atoms with E-state index < -0.39 is 0 Å². The standard InChI is InChI=1S/C23H14BrCl3N2O2/c24-17-3-1-14(2-4-17)16(12-28)9-15-10-18(25)5-8-22(15)31-13-23(30)29-19-6-7-20(26)21(27)11-19/h1-11H,13H2,(H,29,30)/b16-9+. The minimum absolute atomic E-state index is 0.247. The minimum atomic E-state index is -0.378. The Morgan fingerprint density at radius 3 is 2.45 bits per heavy atom. The van der Waals surface area contributed by atoms with E-state index in [1.54, 1.807) is 42.5 Å². The zero-order chi connectivity index (χ0) is 22.4. The number of hydrogen-bond acceptors (Lipinski definition) is 3. The van der Waals surface area contributed by atoms with E-state index in [2.05, 4.69) is 27.3 Å². The van der Waals surface area contributed by atoms with E-state index in [1.165, 1.54) is 0 Å². The molecule has 31 heavy (non-hydrogen) atoms. The number of nitriles is 1. The average Bonchev–Trinajstić information content (AvgIpc) is 2.74. The van der Waals surface area contributed by atoms with Crippen molar-refractivity contribution in [2.75, 3.05) is 11.9 Å². The monoisotopic (exact) mass is 534 g/mol. The number of benzene rings is 3. The third-order valence-electron chi connectivity index (χ3n) is 4.11. The largest absolute Gasteiger partial charge is 0.483 e. The summed E-state index contributed by atoms with van der Waals surface area (Å²) < 4.78 is 6.60. The molecule has 0 fully saturated rings. The second kappa shape index (κ2) is 10.7. The summed E-state index contributed by atoms with van der Waals surface area (Å²) >= 11 is 21.4. The second-order valence-electron chi connectivity index (χ2n) is 6.32. The van der Waals surface area contributed by atoms with Crippen LogP contribution in [0.5, 0.6) is 5.75 Å². The maximum absolute atomic E-state index is 12.3. The maximum Gasteiger partial charge on any atom is 0.262 e. The van der Waals surface area contributed by atoms with Crippen molar-refractivity contribution in [1.29, 1.82) is 5.26 Å². The molecule has 3 aromatic carbocycles. The van der Waals surface area contributed by atoms with Crippen molar-refractivity contribution in [3.63, 3.8) is 0 Å². The third kappa shape index (κ3) is 6.49. The molecule has 156 valence electrons. The summed E-state index contributed by atoms with van der Waals surface area (Å²) in [4.78, 5) is 12.3. The summed E-state index contributed by atoms with van der Waals surface area (Å²) in [6.07, 6.45) is 1.67. The number of carbonyl (C=O) groups excluding carboxylic acids is 1. The highest BCUT2D eigenvalue weighted by Crippen LogP contribution is 2.29. The molecule has 4 nitrogen and oxygen atoms in total. The fourth-order valence-electron chi connectivity index (χ4n) is 2.64. The Balaban J connectivity index is 1.78. The number of ether oxygens (including phenoxy) is 1. The van der Waals surface area contributed by atoms with Crippen LogP contribution in [0.3, 0.4) is 0 Å². The summed E-state index contributed by atoms with van der Waals surface area (Å²) in [5.41, 5.74) is 2.25. The van der Waals surface area contributed by atoms with Crippen molar-refractivity contribution < 1.29 is 9.53 Å². The molecule has 1 amide bonds. The SMILES string of the molecule is N#C/C(=C\c1cc(Cl)ccc1OCC(=O)Nc1ccc(Cl)c(Cl)c1)c1ccc(Br)cc1. The lowest BCUT2D eigenvalue weighted by Crippen LogP contribution is -2.20. The van der Waals surface area contributed by atoms with E-state index in [9.17, 15) is 10.1 Å². The Hall–Kier alpha value is -2.49. The van der Waals surface area contributed by atoms with Crippen LogP contribution in [0.1, 0.15) is 11.1 Å². The molecule has 3 aromatic rings. The summed E-state index contributed by atoms with van der Waals surface area (Å²) in [5, 5.41) is 13.5. The van der Waals surface area contributed by atoms with Crippen molar-refractivity contribution >= 4 is 74.0 Å². The molecule has 0 aliphatic carbocycles. The Kier molecular flexibility index (Phi) is 8.00. The van der Waals surface area contributed by atoms with Crippen LogP contribution in [0.4, 0.5) is 5.69 Å². The highest BCUT2D eigenvalue weighted by Gasteiger charge is 2.10. The van der Waals surface area contributed by atoms with E-state index in [-0.39, 0.29) is 12.5 Å². The van der Waals surface area contributed by atoms with Crippen LogP contribution in [-0.2, 0) is 4.79 Å². The van der Waals surface area contributed by atoms with Gasteiger partial charge in [-0.1, -0.05) is 62.9 Å². The smallest absolute Gasteiger partial charge is 0.262 e.